The predicted molar refractivity (Wildman–Crippen MR) is 106 cm³/mol. The van der Waals surface area contributed by atoms with Crippen molar-refractivity contribution in [2.75, 3.05) is 33.3 Å². The fourth-order valence-electron chi connectivity index (χ4n) is 4.22. The Morgan fingerprint density at radius 1 is 1.04 bits per heavy atom. The van der Waals surface area contributed by atoms with Crippen LogP contribution in [0.3, 0.4) is 0 Å². The monoisotopic (exact) mass is 358 g/mol. The lowest BCUT2D eigenvalue weighted by Crippen LogP contribution is -2.38. The average Bonchev–Trinajstić information content (AvgIpc) is 2.72. The smallest absolute Gasteiger partial charge is 0.253 e. The highest BCUT2D eigenvalue weighted by Crippen LogP contribution is 2.25. The first-order valence-electron chi connectivity index (χ1n) is 10.4. The van der Waals surface area contributed by atoms with E-state index in [1.807, 2.05) is 36.2 Å². The number of rotatable bonds is 7. The summed E-state index contributed by atoms with van der Waals surface area (Å²) in [5, 5.41) is 3.22. The second-order valence-electron chi connectivity index (χ2n) is 7.97. The number of ether oxygens (including phenoxy) is 1. The summed E-state index contributed by atoms with van der Waals surface area (Å²) in [5.41, 5.74) is 0.781. The van der Waals surface area contributed by atoms with Gasteiger partial charge in [-0.1, -0.05) is 19.3 Å². The summed E-state index contributed by atoms with van der Waals surface area (Å²) in [6, 6.07) is 7.75. The largest absolute Gasteiger partial charge is 0.493 e. The van der Waals surface area contributed by atoms with Gasteiger partial charge in [0.25, 0.3) is 5.91 Å². The molecule has 144 valence electrons. The first-order valence-corrected chi connectivity index (χ1v) is 10.4. The molecule has 1 saturated heterocycles. The number of nitrogens with one attached hydrogen (secondary N) is 1. The van der Waals surface area contributed by atoms with Crippen LogP contribution in [0.4, 0.5) is 0 Å². The fourth-order valence-corrected chi connectivity index (χ4v) is 4.22. The van der Waals surface area contributed by atoms with Crippen molar-refractivity contribution >= 4 is 5.91 Å². The van der Waals surface area contributed by atoms with Gasteiger partial charge in [-0.2, -0.15) is 0 Å². The van der Waals surface area contributed by atoms with Crippen LogP contribution in [-0.2, 0) is 0 Å². The molecular formula is C22H34N2O2. The average molecular weight is 359 g/mol. The fraction of sp³-hybridized carbons (Fsp3) is 0.682. The highest BCUT2D eigenvalue weighted by molar-refractivity contribution is 5.94. The molecule has 1 aliphatic heterocycles. The summed E-state index contributed by atoms with van der Waals surface area (Å²) < 4.78 is 5.95. The van der Waals surface area contributed by atoms with Gasteiger partial charge in [0.15, 0.2) is 0 Å². The van der Waals surface area contributed by atoms with Crippen LogP contribution in [0.1, 0.15) is 61.7 Å². The second-order valence-corrected chi connectivity index (χ2v) is 7.97. The normalized spacial score (nSPS) is 19.5. The molecule has 4 heteroatoms. The van der Waals surface area contributed by atoms with Crippen LogP contribution in [0.15, 0.2) is 24.3 Å². The van der Waals surface area contributed by atoms with Crippen LogP contribution in [0, 0.1) is 11.8 Å². The lowest BCUT2D eigenvalue weighted by molar-refractivity contribution is 0.0687. The molecule has 1 aromatic carbocycles. The van der Waals surface area contributed by atoms with Gasteiger partial charge in [0.2, 0.25) is 0 Å². The number of nitrogens with zero attached hydrogens (tertiary/aromatic N) is 1. The van der Waals surface area contributed by atoms with Crippen molar-refractivity contribution in [1.29, 1.82) is 0 Å². The quantitative estimate of drug-likeness (QED) is 0.797. The third-order valence-corrected chi connectivity index (χ3v) is 6.02. The zero-order valence-corrected chi connectivity index (χ0v) is 16.2. The lowest BCUT2D eigenvalue weighted by Gasteiger charge is -2.32. The topological polar surface area (TPSA) is 41.6 Å². The Bertz CT molecular complexity index is 544. The number of likely N-dealkylation sites (tertiary alicyclic amines) is 1. The first-order chi connectivity index (χ1) is 12.8. The molecule has 3 rings (SSSR count). The highest BCUT2D eigenvalue weighted by atomic mass is 16.5. The third kappa shape index (κ3) is 5.47. The minimum absolute atomic E-state index is 0.163. The van der Waals surface area contributed by atoms with E-state index in [4.69, 9.17) is 4.74 Å². The minimum atomic E-state index is 0.163. The Morgan fingerprint density at radius 2 is 1.73 bits per heavy atom. The van der Waals surface area contributed by atoms with Crippen LogP contribution in [0.2, 0.25) is 0 Å². The molecule has 1 aromatic rings. The summed E-state index contributed by atoms with van der Waals surface area (Å²) in [6.07, 6.45) is 10.1. The van der Waals surface area contributed by atoms with E-state index in [-0.39, 0.29) is 5.91 Å². The molecule has 1 N–H and O–H groups in total. The molecule has 1 heterocycles. The predicted octanol–water partition coefficient (Wildman–Crippen LogP) is 4.11. The van der Waals surface area contributed by atoms with Crippen molar-refractivity contribution in [3.63, 3.8) is 0 Å². The Hall–Kier alpha value is -1.55. The van der Waals surface area contributed by atoms with Gasteiger partial charge < -0.3 is 15.0 Å². The summed E-state index contributed by atoms with van der Waals surface area (Å²) in [5.74, 6) is 2.50. The van der Waals surface area contributed by atoms with E-state index in [1.54, 1.807) is 0 Å². The van der Waals surface area contributed by atoms with E-state index >= 15 is 0 Å². The Labute approximate surface area is 158 Å². The van der Waals surface area contributed by atoms with Gasteiger partial charge in [0.05, 0.1) is 6.61 Å². The highest BCUT2D eigenvalue weighted by Gasteiger charge is 2.23. The van der Waals surface area contributed by atoms with Crippen molar-refractivity contribution in [2.24, 2.45) is 11.8 Å². The molecule has 0 radical (unpaired) electrons. The van der Waals surface area contributed by atoms with Crippen molar-refractivity contribution in [1.82, 2.24) is 10.2 Å². The Kier molecular flexibility index (Phi) is 7.36. The molecule has 4 nitrogen and oxygen atoms in total. The number of hydrogen-bond acceptors (Lipinski definition) is 3. The first kappa shape index (κ1) is 19.2. The number of piperidine rings is 1. The molecule has 0 atom stereocenters. The summed E-state index contributed by atoms with van der Waals surface area (Å²) in [7, 11) is 2.00. The third-order valence-electron chi connectivity index (χ3n) is 6.02. The zero-order chi connectivity index (χ0) is 18.2. The zero-order valence-electron chi connectivity index (χ0n) is 16.2. The van der Waals surface area contributed by atoms with Gasteiger partial charge in [-0.25, -0.2) is 0 Å². The molecule has 26 heavy (non-hydrogen) atoms. The van der Waals surface area contributed by atoms with Gasteiger partial charge in [-0.15, -0.1) is 0 Å². The van der Waals surface area contributed by atoms with E-state index in [1.165, 1.54) is 38.5 Å². The maximum atomic E-state index is 12.7. The standard InChI is InChI=1S/C22H34N2O2/c1-23-14-11-18-12-15-24(16-13-18)22(25)20-7-9-21(10-8-20)26-17-19-5-3-2-4-6-19/h7-10,18-19,23H,2-6,11-17H2,1H3. The summed E-state index contributed by atoms with van der Waals surface area (Å²) in [4.78, 5) is 14.7. The van der Waals surface area contributed by atoms with Crippen molar-refractivity contribution in [3.8, 4) is 5.75 Å². The van der Waals surface area contributed by atoms with Crippen molar-refractivity contribution in [3.05, 3.63) is 29.8 Å². The van der Waals surface area contributed by atoms with Gasteiger partial charge in [-0.05, 0) is 81.8 Å². The van der Waals surface area contributed by atoms with Gasteiger partial charge in [0, 0.05) is 18.7 Å². The van der Waals surface area contributed by atoms with Crippen LogP contribution in [0.25, 0.3) is 0 Å². The number of amides is 1. The second kappa shape index (κ2) is 9.96. The van der Waals surface area contributed by atoms with E-state index in [0.717, 1.165) is 56.3 Å². The molecule has 0 unspecified atom stereocenters. The van der Waals surface area contributed by atoms with Gasteiger partial charge in [-0.3, -0.25) is 4.79 Å². The molecule has 1 aliphatic carbocycles. The van der Waals surface area contributed by atoms with Crippen LogP contribution in [-0.4, -0.2) is 44.1 Å². The molecule has 0 bridgehead atoms. The SMILES string of the molecule is CNCCC1CCN(C(=O)c2ccc(OCC3CCCCC3)cc2)CC1. The molecular weight excluding hydrogens is 324 g/mol. The number of benzene rings is 1. The van der Waals surface area contributed by atoms with Crippen LogP contribution >= 0.6 is 0 Å². The summed E-state index contributed by atoms with van der Waals surface area (Å²) in [6.45, 7) is 3.65. The Balaban J connectivity index is 1.45. The summed E-state index contributed by atoms with van der Waals surface area (Å²) >= 11 is 0. The van der Waals surface area contributed by atoms with Gasteiger partial charge >= 0.3 is 0 Å². The van der Waals surface area contributed by atoms with E-state index < -0.39 is 0 Å². The van der Waals surface area contributed by atoms with Crippen LogP contribution < -0.4 is 10.1 Å². The Morgan fingerprint density at radius 3 is 2.38 bits per heavy atom. The van der Waals surface area contributed by atoms with Crippen LogP contribution in [0.5, 0.6) is 5.75 Å². The molecule has 1 saturated carbocycles. The molecule has 2 aliphatic rings. The minimum Gasteiger partial charge on any atom is -0.493 e. The molecule has 1 amide bonds. The maximum Gasteiger partial charge on any atom is 0.253 e. The number of carbonyl (C=O) groups excluding carboxylic acids is 1. The lowest BCUT2D eigenvalue weighted by atomic mass is 9.90. The van der Waals surface area contributed by atoms with Crippen molar-refractivity contribution < 1.29 is 9.53 Å². The number of hydrogen-bond donors (Lipinski definition) is 1. The van der Waals surface area contributed by atoms with Gasteiger partial charge in [0.1, 0.15) is 5.75 Å². The molecule has 0 spiro atoms. The van der Waals surface area contributed by atoms with E-state index in [9.17, 15) is 4.79 Å². The van der Waals surface area contributed by atoms with E-state index in [2.05, 4.69) is 5.32 Å². The molecule has 0 aromatic heterocycles. The number of carbonyl (C=O) groups is 1. The maximum absolute atomic E-state index is 12.7. The molecule has 2 fully saturated rings. The van der Waals surface area contributed by atoms with E-state index in [0.29, 0.717) is 5.92 Å². The van der Waals surface area contributed by atoms with Crippen molar-refractivity contribution in [2.45, 2.75) is 51.4 Å².